The number of rotatable bonds is 13. The van der Waals surface area contributed by atoms with Crippen molar-refractivity contribution >= 4 is 17.8 Å². The average Bonchev–Trinajstić information content (AvgIpc) is 3.51. The zero-order valence-electron chi connectivity index (χ0n) is 26.1. The maximum atomic E-state index is 14.3. The molecule has 3 aromatic rings. The van der Waals surface area contributed by atoms with Gasteiger partial charge in [0, 0.05) is 6.07 Å². The van der Waals surface area contributed by atoms with E-state index in [0.29, 0.717) is 0 Å². The van der Waals surface area contributed by atoms with Crippen LogP contribution in [0.1, 0.15) is 103 Å². The topological polar surface area (TPSA) is 103 Å². The molecule has 0 aliphatic heterocycles. The molecule has 2 aliphatic carbocycles. The third-order valence-corrected chi connectivity index (χ3v) is 8.45. The Morgan fingerprint density at radius 2 is 1.27 bits per heavy atom. The molecule has 2 aliphatic rings. The van der Waals surface area contributed by atoms with Gasteiger partial charge in [0.15, 0.2) is 5.69 Å². The quantitative estimate of drug-likeness (QED) is 0.165. The monoisotopic (exact) mass is 616 g/mol. The molecule has 0 spiro atoms. The molecule has 0 saturated heterocycles. The van der Waals surface area contributed by atoms with E-state index in [9.17, 15) is 14.4 Å². The van der Waals surface area contributed by atoms with Gasteiger partial charge in [0.05, 0.1) is 18.7 Å². The van der Waals surface area contributed by atoms with Gasteiger partial charge in [-0.15, -0.1) is 0 Å². The third kappa shape index (κ3) is 8.79. The van der Waals surface area contributed by atoms with Gasteiger partial charge in [0.2, 0.25) is 0 Å². The van der Waals surface area contributed by atoms with Gasteiger partial charge in [0.1, 0.15) is 25.5 Å². The summed E-state index contributed by atoms with van der Waals surface area (Å²) in [6, 6.07) is 20.6. The van der Waals surface area contributed by atoms with E-state index in [-0.39, 0.29) is 55.7 Å². The van der Waals surface area contributed by atoms with E-state index in [1.54, 1.807) is 6.92 Å². The molecule has 2 aromatic carbocycles. The van der Waals surface area contributed by atoms with Crippen LogP contribution >= 0.6 is 0 Å². The lowest BCUT2D eigenvalue weighted by atomic mass is 9.95. The van der Waals surface area contributed by atoms with Crippen molar-refractivity contribution in [2.75, 3.05) is 6.61 Å². The molecular formula is C35H44N4O6. The molecule has 45 heavy (non-hydrogen) atoms. The largest absolute Gasteiger partial charge is 0.461 e. The fourth-order valence-electron chi connectivity index (χ4n) is 6.10. The first-order valence-electron chi connectivity index (χ1n) is 16.3. The number of nitrogens with zero attached hydrogens (tertiary/aromatic N) is 4. The summed E-state index contributed by atoms with van der Waals surface area (Å²) in [6.45, 7) is 2.04. The molecule has 2 saturated carbocycles. The summed E-state index contributed by atoms with van der Waals surface area (Å²) in [7, 11) is 0. The Morgan fingerprint density at radius 3 is 1.80 bits per heavy atom. The zero-order chi connectivity index (χ0) is 31.4. The highest BCUT2D eigenvalue weighted by molar-refractivity contribution is 5.96. The predicted octanol–water partition coefficient (Wildman–Crippen LogP) is 6.26. The molecule has 0 bridgehead atoms. The highest BCUT2D eigenvalue weighted by Gasteiger charge is 2.33. The lowest BCUT2D eigenvalue weighted by Crippen LogP contribution is -2.44. The summed E-state index contributed by atoms with van der Waals surface area (Å²) < 4.78 is 6.51. The Kier molecular flexibility index (Phi) is 11.8. The van der Waals surface area contributed by atoms with Crippen LogP contribution in [0.2, 0.25) is 0 Å². The summed E-state index contributed by atoms with van der Waals surface area (Å²) in [5.41, 5.74) is 1.94. The number of carbonyl (C=O) groups excluding carboxylic acids is 3. The number of aromatic nitrogens is 2. The van der Waals surface area contributed by atoms with Crippen LogP contribution in [-0.2, 0) is 39.0 Å². The average molecular weight is 617 g/mol. The highest BCUT2D eigenvalue weighted by atomic mass is 16.7. The van der Waals surface area contributed by atoms with Crippen molar-refractivity contribution in [1.29, 1.82) is 0 Å². The smallest absolute Gasteiger partial charge is 0.358 e. The zero-order valence-corrected chi connectivity index (χ0v) is 26.1. The number of hydrogen-bond acceptors (Lipinski definition) is 7. The number of esters is 1. The van der Waals surface area contributed by atoms with Crippen LogP contribution in [0.25, 0.3) is 0 Å². The first kappa shape index (κ1) is 32.4. The van der Waals surface area contributed by atoms with E-state index in [4.69, 9.17) is 14.4 Å². The molecule has 10 nitrogen and oxygen atoms in total. The van der Waals surface area contributed by atoms with E-state index < -0.39 is 11.9 Å². The van der Waals surface area contributed by atoms with Crippen LogP contribution in [0.5, 0.6) is 0 Å². The van der Waals surface area contributed by atoms with Gasteiger partial charge in [-0.3, -0.25) is 19.3 Å². The summed E-state index contributed by atoms with van der Waals surface area (Å²) in [6.07, 6.45) is 9.52. The fraction of sp³-hybridized carbons (Fsp3) is 0.486. The first-order valence-corrected chi connectivity index (χ1v) is 16.3. The molecule has 5 rings (SSSR count). The molecule has 0 atom stereocenters. The molecule has 1 heterocycles. The van der Waals surface area contributed by atoms with Gasteiger partial charge in [0.25, 0.3) is 11.8 Å². The van der Waals surface area contributed by atoms with Gasteiger partial charge in [-0.25, -0.2) is 19.6 Å². The first-order chi connectivity index (χ1) is 22.0. The molecule has 0 unspecified atom stereocenters. The molecular weight excluding hydrogens is 572 g/mol. The van der Waals surface area contributed by atoms with Crippen molar-refractivity contribution in [3.05, 3.63) is 89.2 Å². The minimum Gasteiger partial charge on any atom is -0.461 e. The van der Waals surface area contributed by atoms with Crippen LogP contribution in [0.4, 0.5) is 0 Å². The standard InChI is InChI=1S/C35H44N4O6/c1-2-43-35(42)31-23-32(34(41)39(30-21-13-6-14-22-30)45-26-28-17-9-4-10-18-28)37(36-31)24-33(40)38(29-19-11-5-12-20-29)44-25-27-15-7-3-8-16-27/h3-4,7-10,15-18,23,29-30H,2,5-6,11-14,19-22,24-26H2,1H3. The number of ether oxygens (including phenoxy) is 1. The molecule has 240 valence electrons. The van der Waals surface area contributed by atoms with Crippen molar-refractivity contribution in [3.63, 3.8) is 0 Å². The van der Waals surface area contributed by atoms with Crippen molar-refractivity contribution in [2.45, 2.75) is 103 Å². The Labute approximate surface area is 265 Å². The van der Waals surface area contributed by atoms with Crippen LogP contribution in [0.15, 0.2) is 66.7 Å². The normalized spacial score (nSPS) is 15.8. The summed E-state index contributed by atoms with van der Waals surface area (Å²) in [5, 5.41) is 7.32. The minimum atomic E-state index is -0.656. The van der Waals surface area contributed by atoms with Gasteiger partial charge >= 0.3 is 5.97 Å². The molecule has 2 fully saturated rings. The predicted molar refractivity (Wildman–Crippen MR) is 167 cm³/mol. The summed E-state index contributed by atoms with van der Waals surface area (Å²) >= 11 is 0. The van der Waals surface area contributed by atoms with Gasteiger partial charge < -0.3 is 4.74 Å². The van der Waals surface area contributed by atoms with E-state index in [0.717, 1.165) is 75.3 Å². The number of amides is 2. The molecule has 2 amide bonds. The Balaban J connectivity index is 1.42. The molecule has 10 heteroatoms. The minimum absolute atomic E-state index is 0.0333. The van der Waals surface area contributed by atoms with Crippen molar-refractivity contribution in [1.82, 2.24) is 19.9 Å². The third-order valence-electron chi connectivity index (χ3n) is 8.45. The number of carbonyl (C=O) groups is 3. The Morgan fingerprint density at radius 1 is 0.756 bits per heavy atom. The summed E-state index contributed by atoms with van der Waals surface area (Å²) in [4.78, 5) is 53.4. The van der Waals surface area contributed by atoms with Gasteiger partial charge in [-0.1, -0.05) is 99.2 Å². The fourth-order valence-corrected chi connectivity index (χ4v) is 6.10. The van der Waals surface area contributed by atoms with E-state index in [2.05, 4.69) is 5.10 Å². The van der Waals surface area contributed by atoms with E-state index in [1.165, 1.54) is 20.9 Å². The molecule has 0 radical (unpaired) electrons. The van der Waals surface area contributed by atoms with Crippen LogP contribution < -0.4 is 0 Å². The Bertz CT molecular complexity index is 1380. The maximum absolute atomic E-state index is 14.3. The molecule has 0 N–H and O–H groups in total. The maximum Gasteiger partial charge on any atom is 0.358 e. The van der Waals surface area contributed by atoms with E-state index in [1.807, 2.05) is 60.7 Å². The van der Waals surface area contributed by atoms with Crippen molar-refractivity contribution < 1.29 is 28.8 Å². The second kappa shape index (κ2) is 16.3. The van der Waals surface area contributed by atoms with Crippen LogP contribution in [-0.4, -0.2) is 56.4 Å². The number of hydroxylamine groups is 4. The molecule has 1 aromatic heterocycles. The lowest BCUT2D eigenvalue weighted by Gasteiger charge is -2.34. The van der Waals surface area contributed by atoms with Crippen LogP contribution in [0, 0.1) is 0 Å². The van der Waals surface area contributed by atoms with Gasteiger partial charge in [-0.05, 0) is 43.7 Å². The second-order valence-corrected chi connectivity index (χ2v) is 11.7. The second-order valence-electron chi connectivity index (χ2n) is 11.7. The van der Waals surface area contributed by atoms with Gasteiger partial charge in [-0.2, -0.15) is 5.10 Å². The number of hydrogen-bond donors (Lipinski definition) is 0. The Hall–Kier alpha value is -4.02. The number of benzene rings is 2. The van der Waals surface area contributed by atoms with Crippen molar-refractivity contribution in [2.24, 2.45) is 0 Å². The highest BCUT2D eigenvalue weighted by Crippen LogP contribution is 2.27. The van der Waals surface area contributed by atoms with Crippen LogP contribution in [0.3, 0.4) is 0 Å². The SMILES string of the molecule is CCOC(=O)c1cc(C(=O)N(OCc2ccccc2)C2CCCCC2)n(CC(=O)N(OCc2ccccc2)C2CCCCC2)n1. The van der Waals surface area contributed by atoms with E-state index >= 15 is 0 Å². The summed E-state index contributed by atoms with van der Waals surface area (Å²) in [5.74, 6) is -1.43. The lowest BCUT2D eigenvalue weighted by molar-refractivity contribution is -0.210. The van der Waals surface area contributed by atoms with Crippen molar-refractivity contribution in [3.8, 4) is 0 Å².